The molecule has 21 heavy (non-hydrogen) atoms. The van der Waals surface area contributed by atoms with E-state index < -0.39 is 11.9 Å². The van der Waals surface area contributed by atoms with Crippen molar-refractivity contribution >= 4 is 12.0 Å². The van der Waals surface area contributed by atoms with Gasteiger partial charge in [0, 0.05) is 19.6 Å². The number of amides is 2. The van der Waals surface area contributed by atoms with Gasteiger partial charge in [-0.1, -0.05) is 44.0 Å². The highest BCUT2D eigenvalue weighted by atomic mass is 16.4. The first kappa shape index (κ1) is 15.4. The van der Waals surface area contributed by atoms with Crippen LogP contribution in [0, 0.1) is 0 Å². The minimum Gasteiger partial charge on any atom is -0.481 e. The lowest BCUT2D eigenvalue weighted by Gasteiger charge is -2.32. The van der Waals surface area contributed by atoms with Gasteiger partial charge in [-0.25, -0.2) is 4.79 Å². The van der Waals surface area contributed by atoms with E-state index in [1.54, 1.807) is 4.90 Å². The van der Waals surface area contributed by atoms with Crippen LogP contribution in [0.25, 0.3) is 0 Å². The van der Waals surface area contributed by atoms with E-state index in [0.717, 1.165) is 30.4 Å². The van der Waals surface area contributed by atoms with Crippen molar-refractivity contribution in [2.45, 2.75) is 38.6 Å². The first-order valence-corrected chi connectivity index (χ1v) is 7.47. The third-order valence-corrected chi connectivity index (χ3v) is 3.84. The molecule has 5 nitrogen and oxygen atoms in total. The SMILES string of the molecule is CCCCCNC(=O)N1Cc2ccccc2C(C(=O)O)C1. The molecule has 1 heterocycles. The van der Waals surface area contributed by atoms with Crippen molar-refractivity contribution in [1.29, 1.82) is 0 Å². The normalized spacial score (nSPS) is 17.2. The molecule has 0 saturated heterocycles. The molecule has 0 aliphatic carbocycles. The summed E-state index contributed by atoms with van der Waals surface area (Å²) in [6.45, 7) is 3.45. The van der Waals surface area contributed by atoms with Crippen LogP contribution in [0.3, 0.4) is 0 Å². The van der Waals surface area contributed by atoms with E-state index in [9.17, 15) is 14.7 Å². The number of carbonyl (C=O) groups excluding carboxylic acids is 1. The molecule has 2 rings (SSSR count). The number of rotatable bonds is 5. The molecule has 1 aromatic carbocycles. The number of urea groups is 1. The Morgan fingerprint density at radius 2 is 2.10 bits per heavy atom. The van der Waals surface area contributed by atoms with Crippen molar-refractivity contribution in [3.05, 3.63) is 35.4 Å². The average molecular weight is 290 g/mol. The van der Waals surface area contributed by atoms with Crippen LogP contribution in [-0.4, -0.2) is 35.1 Å². The molecular formula is C16H22N2O3. The van der Waals surface area contributed by atoms with Gasteiger partial charge in [0.15, 0.2) is 0 Å². The zero-order valence-corrected chi connectivity index (χ0v) is 12.3. The van der Waals surface area contributed by atoms with Gasteiger partial charge in [-0.3, -0.25) is 4.79 Å². The Labute approximate surface area is 125 Å². The fourth-order valence-corrected chi connectivity index (χ4v) is 2.65. The van der Waals surface area contributed by atoms with Gasteiger partial charge in [0.1, 0.15) is 0 Å². The van der Waals surface area contributed by atoms with Crippen molar-refractivity contribution in [2.75, 3.05) is 13.1 Å². The molecule has 0 bridgehead atoms. The van der Waals surface area contributed by atoms with Crippen LogP contribution in [0.1, 0.15) is 43.2 Å². The minimum absolute atomic E-state index is 0.174. The Hall–Kier alpha value is -2.04. The van der Waals surface area contributed by atoms with Crippen LogP contribution < -0.4 is 5.32 Å². The molecule has 2 amide bonds. The molecule has 5 heteroatoms. The van der Waals surface area contributed by atoms with Gasteiger partial charge >= 0.3 is 12.0 Å². The number of hydrogen-bond acceptors (Lipinski definition) is 2. The number of carboxylic acids is 1. The largest absolute Gasteiger partial charge is 0.481 e. The fraction of sp³-hybridized carbons (Fsp3) is 0.500. The molecule has 0 radical (unpaired) electrons. The van der Waals surface area contributed by atoms with Crippen LogP contribution in [0.5, 0.6) is 0 Å². The fourth-order valence-electron chi connectivity index (χ4n) is 2.65. The van der Waals surface area contributed by atoms with E-state index in [1.165, 1.54) is 0 Å². The molecule has 1 aromatic rings. The summed E-state index contributed by atoms with van der Waals surface area (Å²) < 4.78 is 0. The maximum Gasteiger partial charge on any atom is 0.317 e. The number of benzene rings is 1. The van der Waals surface area contributed by atoms with Crippen LogP contribution in [0.15, 0.2) is 24.3 Å². The predicted molar refractivity (Wildman–Crippen MR) is 80.2 cm³/mol. The number of carbonyl (C=O) groups is 2. The zero-order valence-electron chi connectivity index (χ0n) is 12.3. The van der Waals surface area contributed by atoms with Crippen molar-refractivity contribution in [2.24, 2.45) is 0 Å². The molecule has 0 aromatic heterocycles. The lowest BCUT2D eigenvalue weighted by atomic mass is 9.90. The number of aliphatic carboxylic acids is 1. The number of unbranched alkanes of at least 4 members (excludes halogenated alkanes) is 2. The van der Waals surface area contributed by atoms with Gasteiger partial charge in [-0.15, -0.1) is 0 Å². The second-order valence-corrected chi connectivity index (χ2v) is 5.41. The van der Waals surface area contributed by atoms with Crippen LogP contribution >= 0.6 is 0 Å². The van der Waals surface area contributed by atoms with Crippen molar-refractivity contribution in [1.82, 2.24) is 10.2 Å². The third kappa shape index (κ3) is 3.74. The van der Waals surface area contributed by atoms with Crippen LogP contribution in [0.4, 0.5) is 4.79 Å². The summed E-state index contributed by atoms with van der Waals surface area (Å²) in [5.41, 5.74) is 1.74. The summed E-state index contributed by atoms with van der Waals surface area (Å²) >= 11 is 0. The van der Waals surface area contributed by atoms with Crippen LogP contribution in [0.2, 0.25) is 0 Å². The number of carboxylic acid groups (broad SMARTS) is 1. The van der Waals surface area contributed by atoms with Gasteiger partial charge in [0.25, 0.3) is 0 Å². The summed E-state index contributed by atoms with van der Waals surface area (Å²) in [5, 5.41) is 12.2. The minimum atomic E-state index is -0.883. The highest BCUT2D eigenvalue weighted by Gasteiger charge is 2.32. The smallest absolute Gasteiger partial charge is 0.317 e. The Kier molecular flexibility index (Phi) is 5.20. The number of nitrogens with zero attached hydrogens (tertiary/aromatic N) is 1. The number of fused-ring (bicyclic) bond motifs is 1. The maximum absolute atomic E-state index is 12.2. The van der Waals surface area contributed by atoms with Gasteiger partial charge < -0.3 is 15.3 Å². The molecule has 1 unspecified atom stereocenters. The van der Waals surface area contributed by atoms with Gasteiger partial charge in [-0.2, -0.15) is 0 Å². The Balaban J connectivity index is 2.03. The number of hydrogen-bond donors (Lipinski definition) is 2. The van der Waals surface area contributed by atoms with Crippen molar-refractivity contribution in [3.63, 3.8) is 0 Å². The van der Waals surface area contributed by atoms with E-state index in [4.69, 9.17) is 0 Å². The Morgan fingerprint density at radius 3 is 2.81 bits per heavy atom. The first-order chi connectivity index (χ1) is 10.1. The highest BCUT2D eigenvalue weighted by molar-refractivity contribution is 5.80. The highest BCUT2D eigenvalue weighted by Crippen LogP contribution is 2.28. The molecule has 1 aliphatic rings. The Bertz CT molecular complexity index is 516. The summed E-state index contributed by atoms with van der Waals surface area (Å²) in [4.78, 5) is 25.2. The quantitative estimate of drug-likeness (QED) is 0.819. The summed E-state index contributed by atoms with van der Waals surface area (Å²) in [6.07, 6.45) is 3.14. The molecule has 1 aliphatic heterocycles. The second-order valence-electron chi connectivity index (χ2n) is 5.41. The average Bonchev–Trinajstić information content (AvgIpc) is 2.50. The van der Waals surface area contributed by atoms with Gasteiger partial charge in [-0.05, 0) is 17.5 Å². The molecule has 114 valence electrons. The summed E-state index contributed by atoms with van der Waals surface area (Å²) in [6, 6.07) is 7.27. The zero-order chi connectivity index (χ0) is 15.2. The van der Waals surface area contributed by atoms with Crippen LogP contribution in [-0.2, 0) is 11.3 Å². The van der Waals surface area contributed by atoms with E-state index in [1.807, 2.05) is 24.3 Å². The predicted octanol–water partition coefficient (Wildman–Crippen LogP) is 2.57. The van der Waals surface area contributed by atoms with Crippen molar-refractivity contribution in [3.8, 4) is 0 Å². The monoisotopic (exact) mass is 290 g/mol. The molecule has 2 N–H and O–H groups in total. The summed E-state index contributed by atoms with van der Waals surface area (Å²) in [5.74, 6) is -1.53. The molecule has 0 fully saturated rings. The topological polar surface area (TPSA) is 69.6 Å². The van der Waals surface area contributed by atoms with Gasteiger partial charge in [0.05, 0.1) is 5.92 Å². The lowest BCUT2D eigenvalue weighted by Crippen LogP contribution is -2.45. The second kappa shape index (κ2) is 7.11. The molecule has 1 atom stereocenters. The standard InChI is InChI=1S/C16H22N2O3/c1-2-3-6-9-17-16(21)18-10-12-7-4-5-8-13(12)14(11-18)15(19)20/h4-5,7-8,14H,2-3,6,9-11H2,1H3,(H,17,21)(H,19,20). The maximum atomic E-state index is 12.2. The molecule has 0 spiro atoms. The van der Waals surface area contributed by atoms with E-state index >= 15 is 0 Å². The molecule has 0 saturated carbocycles. The number of nitrogens with one attached hydrogen (secondary N) is 1. The molecular weight excluding hydrogens is 268 g/mol. The van der Waals surface area contributed by atoms with E-state index in [0.29, 0.717) is 13.1 Å². The van der Waals surface area contributed by atoms with Gasteiger partial charge in [0.2, 0.25) is 0 Å². The lowest BCUT2D eigenvalue weighted by molar-refractivity contribution is -0.139. The summed E-state index contributed by atoms with van der Waals surface area (Å²) in [7, 11) is 0. The third-order valence-electron chi connectivity index (χ3n) is 3.84. The Morgan fingerprint density at radius 1 is 1.33 bits per heavy atom. The van der Waals surface area contributed by atoms with E-state index in [2.05, 4.69) is 12.2 Å². The first-order valence-electron chi connectivity index (χ1n) is 7.47. The van der Waals surface area contributed by atoms with E-state index in [-0.39, 0.29) is 12.6 Å². The van der Waals surface area contributed by atoms with Crippen molar-refractivity contribution < 1.29 is 14.7 Å².